The van der Waals surface area contributed by atoms with Crippen molar-refractivity contribution in [3.63, 3.8) is 0 Å². The van der Waals surface area contributed by atoms with Crippen LogP contribution in [0.2, 0.25) is 0 Å². The molecule has 3 fully saturated rings. The number of aliphatic carboxylic acids is 1. The molecule has 2 saturated carbocycles. The number of nitrogens with zero attached hydrogens (tertiary/aromatic N) is 3. The van der Waals surface area contributed by atoms with Gasteiger partial charge in [0.1, 0.15) is 47.0 Å². The number of methoxy groups -OCH3 is 1. The zero-order valence-electron chi connectivity index (χ0n) is 31.5. The van der Waals surface area contributed by atoms with E-state index in [1.807, 2.05) is 55.6 Å². The van der Waals surface area contributed by atoms with Gasteiger partial charge in [-0.25, -0.2) is 19.6 Å². The lowest BCUT2D eigenvalue weighted by Crippen LogP contribution is -2.56. The van der Waals surface area contributed by atoms with Crippen molar-refractivity contribution in [1.82, 2.24) is 25.5 Å². The zero-order chi connectivity index (χ0) is 38.7. The molecule has 0 spiro atoms. The van der Waals surface area contributed by atoms with Gasteiger partial charge in [0.05, 0.1) is 24.9 Å². The van der Waals surface area contributed by atoms with Crippen LogP contribution in [0, 0.1) is 5.92 Å². The molecule has 0 unspecified atom stereocenters. The van der Waals surface area contributed by atoms with Gasteiger partial charge in [0, 0.05) is 41.3 Å². The smallest absolute Gasteiger partial charge is 0.408 e. The number of anilines is 1. The Morgan fingerprint density at radius 1 is 1.04 bits per heavy atom. The van der Waals surface area contributed by atoms with Crippen LogP contribution in [0.25, 0.3) is 22.3 Å². The van der Waals surface area contributed by atoms with Crippen molar-refractivity contribution >= 4 is 51.2 Å². The largest absolute Gasteiger partial charge is 0.497 e. The molecule has 2 aliphatic heterocycles. The van der Waals surface area contributed by atoms with Crippen LogP contribution < -0.4 is 25.4 Å². The van der Waals surface area contributed by atoms with Crippen LogP contribution in [0.15, 0.2) is 41.8 Å². The summed E-state index contributed by atoms with van der Waals surface area (Å²) < 4.78 is 17.9. The van der Waals surface area contributed by atoms with Gasteiger partial charge in [-0.15, -0.1) is 11.3 Å². The number of carboxylic acids is 1. The zero-order valence-corrected chi connectivity index (χ0v) is 32.4. The van der Waals surface area contributed by atoms with E-state index in [0.717, 1.165) is 50.1 Å². The van der Waals surface area contributed by atoms with Gasteiger partial charge in [-0.1, -0.05) is 25.0 Å². The van der Waals surface area contributed by atoms with Crippen molar-refractivity contribution in [2.24, 2.45) is 5.92 Å². The summed E-state index contributed by atoms with van der Waals surface area (Å²) in [4.78, 5) is 65.5. The molecule has 4 N–H and O–H groups in total. The minimum Gasteiger partial charge on any atom is -0.497 e. The van der Waals surface area contributed by atoms with Crippen molar-refractivity contribution in [3.8, 4) is 22.9 Å². The fourth-order valence-corrected chi connectivity index (χ4v) is 8.75. The lowest BCUT2D eigenvalue weighted by atomic mass is 10.0. The second-order valence-corrected chi connectivity index (χ2v) is 16.2. The normalized spacial score (nSPS) is 26.7. The molecular formula is C40H50N6O8S. The maximum Gasteiger partial charge on any atom is 0.408 e. The van der Waals surface area contributed by atoms with E-state index in [2.05, 4.69) is 16.0 Å². The van der Waals surface area contributed by atoms with E-state index >= 15 is 0 Å². The van der Waals surface area contributed by atoms with Gasteiger partial charge in [-0.2, -0.15) is 0 Å². The Hall–Kier alpha value is -4.92. The van der Waals surface area contributed by atoms with Gasteiger partial charge in [0.15, 0.2) is 5.13 Å². The number of rotatable bonds is 9. The highest BCUT2D eigenvalue weighted by Crippen LogP contribution is 2.45. The summed E-state index contributed by atoms with van der Waals surface area (Å²) in [5, 5.41) is 22.6. The Bertz CT molecular complexity index is 1940. The van der Waals surface area contributed by atoms with Crippen molar-refractivity contribution in [3.05, 3.63) is 41.8 Å². The first kappa shape index (κ1) is 38.4. The van der Waals surface area contributed by atoms with Crippen LogP contribution in [-0.4, -0.2) is 93.4 Å². The van der Waals surface area contributed by atoms with Crippen molar-refractivity contribution in [1.29, 1.82) is 0 Å². The van der Waals surface area contributed by atoms with E-state index in [1.165, 1.54) is 16.2 Å². The van der Waals surface area contributed by atoms with Crippen molar-refractivity contribution in [2.45, 2.75) is 120 Å². The summed E-state index contributed by atoms with van der Waals surface area (Å²) in [6.07, 6.45) is 9.71. The van der Waals surface area contributed by atoms with Crippen LogP contribution in [0.5, 0.6) is 11.5 Å². The third-order valence-electron chi connectivity index (χ3n) is 10.9. The average molecular weight is 775 g/mol. The van der Waals surface area contributed by atoms with E-state index < -0.39 is 47.6 Å². The molecule has 55 heavy (non-hydrogen) atoms. The van der Waals surface area contributed by atoms with Crippen molar-refractivity contribution in [2.75, 3.05) is 19.0 Å². The highest BCUT2D eigenvalue weighted by molar-refractivity contribution is 7.14. The molecule has 0 bridgehead atoms. The Kier molecular flexibility index (Phi) is 11.5. The number of alkyl carbamates (subject to hydrolysis) is 1. The van der Waals surface area contributed by atoms with Crippen LogP contribution in [-0.2, 0) is 19.1 Å². The minimum absolute atomic E-state index is 0.0324. The number of benzene rings is 1. The number of ether oxygens (including phenoxy) is 3. The van der Waals surface area contributed by atoms with Gasteiger partial charge in [0.2, 0.25) is 11.8 Å². The number of carbonyl (C=O) groups is 4. The topological polar surface area (TPSA) is 181 Å². The number of hydrogen-bond acceptors (Lipinski definition) is 11. The molecule has 2 aliphatic carbocycles. The number of nitrogens with one attached hydrogen (secondary N) is 3. The third kappa shape index (κ3) is 8.66. The number of amides is 3. The van der Waals surface area contributed by atoms with Gasteiger partial charge in [0.25, 0.3) is 0 Å². The molecular weight excluding hydrogens is 725 g/mol. The summed E-state index contributed by atoms with van der Waals surface area (Å²) in [7, 11) is 1.58. The standard InChI is InChI=1S/C40H50N6O8S/c1-23(2)41-38-43-32(22-55-38)31-19-34(28-16-15-26(52-3)17-30(28)42-31)53-27-18-33-35(47)45-40(37(49)50)20-24(40)11-7-5-4-6-8-14-29(36(48)46(33)21-27)44-39(51)54-25-12-9-10-13-25/h7,11,15-17,19,22-25,27,29,33H,4-6,8-10,12-14,18,20-21H2,1-3H3,(H,41,43)(H,44,51)(H,45,47)(H,49,50)/b11-7+/t24-,27-,29-,33+,40-/m1/s1. The highest BCUT2D eigenvalue weighted by Gasteiger charge is 2.61. The Morgan fingerprint density at radius 2 is 1.84 bits per heavy atom. The number of fused-ring (bicyclic) bond motifs is 3. The molecule has 1 saturated heterocycles. The predicted molar refractivity (Wildman–Crippen MR) is 207 cm³/mol. The molecule has 1 aromatic carbocycles. The molecule has 294 valence electrons. The molecule has 4 heterocycles. The number of allylic oxidation sites excluding steroid dienone is 1. The number of aromatic nitrogens is 2. The lowest BCUT2D eigenvalue weighted by Gasteiger charge is -2.29. The number of carboxylic acid groups (broad SMARTS) is 1. The van der Waals surface area contributed by atoms with E-state index in [9.17, 15) is 24.3 Å². The second-order valence-electron chi connectivity index (χ2n) is 15.4. The number of pyridine rings is 1. The van der Waals surface area contributed by atoms with Gasteiger partial charge >= 0.3 is 12.1 Å². The third-order valence-corrected chi connectivity index (χ3v) is 11.7. The molecule has 3 aromatic rings. The van der Waals surface area contributed by atoms with Gasteiger partial charge < -0.3 is 40.2 Å². The Labute approximate surface area is 324 Å². The van der Waals surface area contributed by atoms with E-state index in [0.29, 0.717) is 46.6 Å². The fraction of sp³-hybridized carbons (Fsp3) is 0.550. The fourth-order valence-electron chi connectivity index (χ4n) is 7.90. The first-order chi connectivity index (χ1) is 26.5. The first-order valence-corrected chi connectivity index (χ1v) is 20.3. The summed E-state index contributed by atoms with van der Waals surface area (Å²) in [5.41, 5.74) is 0.394. The summed E-state index contributed by atoms with van der Waals surface area (Å²) in [5.74, 6) is -1.37. The molecule has 0 radical (unpaired) electrons. The maximum atomic E-state index is 14.5. The highest BCUT2D eigenvalue weighted by atomic mass is 32.1. The van der Waals surface area contributed by atoms with Crippen LogP contribution in [0.1, 0.15) is 84.5 Å². The summed E-state index contributed by atoms with van der Waals surface area (Å²) >= 11 is 1.47. The Balaban J connectivity index is 1.20. The van der Waals surface area contributed by atoms with Gasteiger partial charge in [-0.3, -0.25) is 9.59 Å². The van der Waals surface area contributed by atoms with Crippen LogP contribution in [0.3, 0.4) is 0 Å². The molecule has 7 rings (SSSR count). The molecule has 4 aliphatic rings. The predicted octanol–water partition coefficient (Wildman–Crippen LogP) is 6.05. The van der Waals surface area contributed by atoms with Crippen LogP contribution in [0.4, 0.5) is 9.93 Å². The number of thiazole rings is 1. The lowest BCUT2D eigenvalue weighted by molar-refractivity contribution is -0.145. The quantitative estimate of drug-likeness (QED) is 0.186. The number of hydrogen-bond donors (Lipinski definition) is 4. The van der Waals surface area contributed by atoms with E-state index in [-0.39, 0.29) is 37.5 Å². The van der Waals surface area contributed by atoms with E-state index in [4.69, 9.17) is 24.2 Å². The maximum absolute atomic E-state index is 14.5. The first-order valence-electron chi connectivity index (χ1n) is 19.4. The molecule has 3 amide bonds. The van der Waals surface area contributed by atoms with Crippen LogP contribution >= 0.6 is 11.3 Å². The summed E-state index contributed by atoms with van der Waals surface area (Å²) in [6, 6.07) is 5.50. The SMILES string of the molecule is COc1ccc2c(O[C@@H]3C[C@H]4C(=O)N[C@]5(C(=O)O)C[C@H]5/C=C/CCCCC[C@@H](NC(=O)OC5CCCC5)C(=O)N4C3)cc(-c3csc(NC(C)C)n3)nc2c1. The second kappa shape index (κ2) is 16.4. The van der Waals surface area contributed by atoms with Crippen molar-refractivity contribution < 1.29 is 38.5 Å². The minimum atomic E-state index is -1.45. The molecule has 14 nitrogen and oxygen atoms in total. The average Bonchev–Trinajstić information content (AvgIpc) is 3.58. The van der Waals surface area contributed by atoms with E-state index in [1.54, 1.807) is 7.11 Å². The molecule has 2 aromatic heterocycles. The molecule has 5 atom stereocenters. The molecule has 15 heteroatoms. The van der Waals surface area contributed by atoms with Gasteiger partial charge in [-0.05, 0) is 77.3 Å². The monoisotopic (exact) mass is 774 g/mol. The summed E-state index contributed by atoms with van der Waals surface area (Å²) in [6.45, 7) is 4.11. The number of carbonyl (C=O) groups excluding carboxylic acids is 3. The Morgan fingerprint density at radius 3 is 2.60 bits per heavy atom.